The van der Waals surface area contributed by atoms with E-state index in [9.17, 15) is 0 Å². The zero-order chi connectivity index (χ0) is 44.3. The average Bonchev–Trinajstić information content (AvgIpc) is 3.72. The minimum absolute atomic E-state index is 0.555. The third-order valence-electron chi connectivity index (χ3n) is 13.8. The van der Waals surface area contributed by atoms with Gasteiger partial charge < -0.3 is 0 Å². The van der Waals surface area contributed by atoms with Crippen LogP contribution in [0.2, 0.25) is 0 Å². The van der Waals surface area contributed by atoms with E-state index in [0.717, 1.165) is 38.9 Å². The van der Waals surface area contributed by atoms with Gasteiger partial charge in [-0.05, 0) is 100 Å². The zero-order valence-corrected chi connectivity index (χ0v) is 36.5. The van der Waals surface area contributed by atoms with Gasteiger partial charge in [0.25, 0.3) is 0 Å². The van der Waals surface area contributed by atoms with E-state index in [1.807, 2.05) is 0 Å². The van der Waals surface area contributed by atoms with Crippen molar-refractivity contribution >= 4 is 32.3 Å². The highest BCUT2D eigenvalue weighted by molar-refractivity contribution is 6.20. The molecule has 0 fully saturated rings. The van der Waals surface area contributed by atoms with Crippen molar-refractivity contribution in [1.82, 2.24) is 15.0 Å². The van der Waals surface area contributed by atoms with Crippen LogP contribution in [0.4, 0.5) is 0 Å². The second-order valence-electron chi connectivity index (χ2n) is 17.4. The fourth-order valence-corrected chi connectivity index (χ4v) is 10.8. The van der Waals surface area contributed by atoms with Gasteiger partial charge in [0.05, 0.1) is 5.41 Å². The van der Waals surface area contributed by atoms with E-state index < -0.39 is 5.41 Å². The van der Waals surface area contributed by atoms with Gasteiger partial charge in [-0.1, -0.05) is 237 Å². The number of hydrogen-bond donors (Lipinski definition) is 0. The summed E-state index contributed by atoms with van der Waals surface area (Å²) in [5, 5.41) is 7.41. The van der Waals surface area contributed by atoms with Crippen LogP contribution in [0.3, 0.4) is 0 Å². The molecule has 0 saturated heterocycles. The molecule has 0 aliphatic heterocycles. The molecule has 67 heavy (non-hydrogen) atoms. The number of hydrogen-bond acceptors (Lipinski definition) is 3. The highest BCUT2D eigenvalue weighted by Crippen LogP contribution is 2.58. The van der Waals surface area contributed by atoms with Crippen molar-refractivity contribution < 1.29 is 0 Å². The van der Waals surface area contributed by atoms with Crippen LogP contribution >= 0.6 is 0 Å². The Morgan fingerprint density at radius 1 is 0.254 bits per heavy atom. The number of nitrogens with zero attached hydrogens (tertiary/aromatic N) is 3. The molecule has 0 N–H and O–H groups in total. The summed E-state index contributed by atoms with van der Waals surface area (Å²) in [5.74, 6) is 1.87. The molecule has 12 aromatic rings. The lowest BCUT2D eigenvalue weighted by Crippen LogP contribution is -2.28. The van der Waals surface area contributed by atoms with Crippen LogP contribution in [0.15, 0.2) is 249 Å². The molecule has 0 bridgehead atoms. The largest absolute Gasteiger partial charge is 0.208 e. The molecule has 3 nitrogen and oxygen atoms in total. The summed E-state index contributed by atoms with van der Waals surface area (Å²) in [7, 11) is 0. The first-order valence-electron chi connectivity index (χ1n) is 22.9. The van der Waals surface area contributed by atoms with Crippen molar-refractivity contribution in [2.75, 3.05) is 0 Å². The second-order valence-corrected chi connectivity index (χ2v) is 17.4. The van der Waals surface area contributed by atoms with Crippen LogP contribution in [0, 0.1) is 0 Å². The molecule has 312 valence electrons. The number of benzene rings is 11. The van der Waals surface area contributed by atoms with E-state index in [1.54, 1.807) is 0 Å². The summed E-state index contributed by atoms with van der Waals surface area (Å²) in [6, 6.07) is 89.4. The summed E-state index contributed by atoms with van der Waals surface area (Å²) in [5.41, 5.74) is 14.0. The summed E-state index contributed by atoms with van der Waals surface area (Å²) >= 11 is 0. The van der Waals surface area contributed by atoms with Crippen molar-refractivity contribution in [3.05, 3.63) is 271 Å². The lowest BCUT2D eigenvalue weighted by atomic mass is 9.67. The lowest BCUT2D eigenvalue weighted by molar-refractivity contribution is 0.768. The third-order valence-corrected chi connectivity index (χ3v) is 13.8. The summed E-state index contributed by atoms with van der Waals surface area (Å²) in [6.07, 6.45) is 0. The quantitative estimate of drug-likeness (QED) is 0.118. The predicted molar refractivity (Wildman–Crippen MR) is 277 cm³/mol. The van der Waals surface area contributed by atoms with Crippen LogP contribution in [-0.2, 0) is 5.41 Å². The van der Waals surface area contributed by atoms with E-state index in [-0.39, 0.29) is 0 Å². The van der Waals surface area contributed by atoms with Gasteiger partial charge in [0, 0.05) is 16.7 Å². The first-order chi connectivity index (χ1) is 33.2. The molecule has 3 heteroatoms. The summed E-state index contributed by atoms with van der Waals surface area (Å²) in [6.45, 7) is 0. The van der Waals surface area contributed by atoms with Crippen molar-refractivity contribution in [1.29, 1.82) is 0 Å². The van der Waals surface area contributed by atoms with Crippen molar-refractivity contribution in [2.45, 2.75) is 5.41 Å². The topological polar surface area (TPSA) is 38.7 Å². The Kier molecular flexibility index (Phi) is 9.07. The first-order valence-corrected chi connectivity index (χ1v) is 22.9. The van der Waals surface area contributed by atoms with Gasteiger partial charge in [-0.25, -0.2) is 15.0 Å². The molecular weight excluding hydrogens is 811 g/mol. The third kappa shape index (κ3) is 6.24. The van der Waals surface area contributed by atoms with Crippen LogP contribution in [0.25, 0.3) is 99.9 Å². The van der Waals surface area contributed by atoms with Gasteiger partial charge in [-0.3, -0.25) is 0 Å². The maximum Gasteiger partial charge on any atom is 0.164 e. The molecule has 1 aliphatic rings. The maximum atomic E-state index is 5.44. The Hall–Kier alpha value is -8.79. The Morgan fingerprint density at radius 3 is 1.55 bits per heavy atom. The van der Waals surface area contributed by atoms with Gasteiger partial charge in [0.1, 0.15) is 0 Å². The number of fused-ring (bicyclic) bond motifs is 7. The molecule has 0 atom stereocenters. The molecule has 11 aromatic carbocycles. The Bertz CT molecular complexity index is 3800. The van der Waals surface area contributed by atoms with Crippen molar-refractivity contribution in [2.24, 2.45) is 0 Å². The molecule has 0 radical (unpaired) electrons. The van der Waals surface area contributed by atoms with Gasteiger partial charge in [0.2, 0.25) is 0 Å². The van der Waals surface area contributed by atoms with Gasteiger partial charge in [0.15, 0.2) is 17.5 Å². The van der Waals surface area contributed by atoms with E-state index in [0.29, 0.717) is 17.5 Å². The van der Waals surface area contributed by atoms with Gasteiger partial charge in [-0.2, -0.15) is 0 Å². The average molecular weight is 852 g/mol. The van der Waals surface area contributed by atoms with E-state index in [2.05, 4.69) is 249 Å². The van der Waals surface area contributed by atoms with E-state index >= 15 is 0 Å². The molecule has 0 saturated carbocycles. The fourth-order valence-electron chi connectivity index (χ4n) is 10.8. The van der Waals surface area contributed by atoms with Crippen LogP contribution in [0.5, 0.6) is 0 Å². The number of rotatable bonds is 7. The molecule has 13 rings (SSSR count). The minimum atomic E-state index is -0.555. The maximum absolute atomic E-state index is 5.44. The van der Waals surface area contributed by atoms with Crippen LogP contribution < -0.4 is 0 Å². The summed E-state index contributed by atoms with van der Waals surface area (Å²) in [4.78, 5) is 16.2. The fraction of sp³-hybridized carbons (Fsp3) is 0.0156. The summed E-state index contributed by atoms with van der Waals surface area (Å²) < 4.78 is 0. The Labute approximate surface area is 389 Å². The Morgan fingerprint density at radius 2 is 0.791 bits per heavy atom. The zero-order valence-electron chi connectivity index (χ0n) is 36.5. The first kappa shape index (κ1) is 38.6. The molecule has 1 heterocycles. The van der Waals surface area contributed by atoms with Crippen LogP contribution in [-0.4, -0.2) is 15.0 Å². The van der Waals surface area contributed by atoms with Crippen molar-refractivity contribution in [3.63, 3.8) is 0 Å². The van der Waals surface area contributed by atoms with E-state index in [4.69, 9.17) is 15.0 Å². The smallest absolute Gasteiger partial charge is 0.164 e. The van der Waals surface area contributed by atoms with Crippen LogP contribution in [0.1, 0.15) is 22.3 Å². The normalized spacial score (nSPS) is 12.6. The highest BCUT2D eigenvalue weighted by atomic mass is 15.0. The monoisotopic (exact) mass is 851 g/mol. The van der Waals surface area contributed by atoms with Gasteiger partial charge in [-0.15, -0.1) is 0 Å². The molecule has 0 spiro atoms. The number of aromatic nitrogens is 3. The molecule has 0 unspecified atom stereocenters. The molecular formula is C64H41N3. The van der Waals surface area contributed by atoms with Gasteiger partial charge >= 0.3 is 0 Å². The second kappa shape index (κ2) is 15.7. The SMILES string of the molecule is c1ccc(-c2cccc(-c3nc(-c4ccc(-c5c6ccccc6cc6c5ccc5ccccc56)cc4)nc(-c4cccc5c4-c4ccccc4C5(c4ccccc4)c4ccccc4)n3)c2)cc1. The highest BCUT2D eigenvalue weighted by Gasteiger charge is 2.47. The van der Waals surface area contributed by atoms with Crippen molar-refractivity contribution in [3.8, 4) is 67.5 Å². The molecule has 0 amide bonds. The molecule has 1 aromatic heterocycles. The lowest BCUT2D eigenvalue weighted by Gasteiger charge is -2.33. The molecule has 1 aliphatic carbocycles. The van der Waals surface area contributed by atoms with E-state index in [1.165, 1.54) is 65.7 Å². The Balaban J connectivity index is 1.02. The standard InChI is InChI=1S/C64H41N3/c1-4-18-42(19-5-1)46-22-16-23-48(40-46)62-65-61(45-36-34-44(35-37-45)59-52-29-13-11-21-47(52)41-56-51-28-12-10-20-43(51)38-39-53(56)59)66-63(67-62)55-31-17-33-58-60(55)54-30-14-15-32-57(54)64(58,49-24-6-2-7-25-49)50-26-8-3-9-27-50/h1-41H. The minimum Gasteiger partial charge on any atom is -0.208 e. The predicted octanol–water partition coefficient (Wildman–Crippen LogP) is 16.0.